The van der Waals surface area contributed by atoms with Gasteiger partial charge in [-0.15, -0.1) is 0 Å². The normalized spacial score (nSPS) is 11.1. The van der Waals surface area contributed by atoms with Crippen LogP contribution < -0.4 is 5.32 Å². The fourth-order valence-electron chi connectivity index (χ4n) is 4.00. The fraction of sp³-hybridized carbons (Fsp3) is 0.107. The summed E-state index contributed by atoms with van der Waals surface area (Å²) in [6, 6.07) is 25.0. The van der Waals surface area contributed by atoms with Crippen molar-refractivity contribution in [1.29, 1.82) is 0 Å². The van der Waals surface area contributed by atoms with Crippen molar-refractivity contribution in [2.24, 2.45) is 0 Å². The number of hydrogen-bond donors (Lipinski definition) is 1. The number of aryl methyl sites for hydroxylation is 1. The molecule has 0 aliphatic heterocycles. The molecule has 0 saturated heterocycles. The highest BCUT2D eigenvalue weighted by atomic mass is 35.5. The SMILES string of the molecule is CCn1ncc(-c2cc(C(=O)Nc3ccccc3Sc3ccc(Cl)cc3)c3ccccc3n2)c1C. The smallest absolute Gasteiger partial charge is 0.256 e. The zero-order chi connectivity index (χ0) is 24.4. The van der Waals surface area contributed by atoms with Crippen molar-refractivity contribution >= 4 is 45.9 Å². The quantitative estimate of drug-likeness (QED) is 0.263. The van der Waals surface area contributed by atoms with Crippen LogP contribution in [0.25, 0.3) is 22.2 Å². The Balaban J connectivity index is 1.52. The molecule has 5 rings (SSSR count). The predicted molar refractivity (Wildman–Crippen MR) is 143 cm³/mol. The first-order chi connectivity index (χ1) is 17.0. The number of benzene rings is 3. The number of hydrogen-bond acceptors (Lipinski definition) is 4. The number of halogens is 1. The first-order valence-corrected chi connectivity index (χ1v) is 12.5. The molecule has 0 fully saturated rings. The lowest BCUT2D eigenvalue weighted by atomic mass is 10.0. The Morgan fingerprint density at radius 3 is 2.54 bits per heavy atom. The molecule has 5 aromatic rings. The van der Waals surface area contributed by atoms with Gasteiger partial charge in [-0.3, -0.25) is 9.48 Å². The number of aromatic nitrogens is 3. The minimum atomic E-state index is -0.186. The first-order valence-electron chi connectivity index (χ1n) is 11.3. The number of nitrogens with one attached hydrogen (secondary N) is 1. The third kappa shape index (κ3) is 4.81. The summed E-state index contributed by atoms with van der Waals surface area (Å²) in [7, 11) is 0. The minimum absolute atomic E-state index is 0.186. The second kappa shape index (κ2) is 9.94. The van der Waals surface area contributed by atoms with Gasteiger partial charge < -0.3 is 5.32 Å². The summed E-state index contributed by atoms with van der Waals surface area (Å²) in [6.07, 6.45) is 1.82. The number of anilines is 1. The third-order valence-electron chi connectivity index (χ3n) is 5.82. The zero-order valence-corrected chi connectivity index (χ0v) is 20.9. The molecule has 1 N–H and O–H groups in total. The average molecular weight is 499 g/mol. The van der Waals surface area contributed by atoms with E-state index in [2.05, 4.69) is 17.3 Å². The average Bonchev–Trinajstić information content (AvgIpc) is 3.26. The van der Waals surface area contributed by atoms with E-state index in [0.717, 1.165) is 49.9 Å². The summed E-state index contributed by atoms with van der Waals surface area (Å²) < 4.78 is 1.93. The van der Waals surface area contributed by atoms with Gasteiger partial charge in [0.05, 0.1) is 28.7 Å². The molecule has 0 atom stereocenters. The summed E-state index contributed by atoms with van der Waals surface area (Å²) in [5, 5.41) is 9.07. The number of carbonyl (C=O) groups is 1. The van der Waals surface area contributed by atoms with Crippen molar-refractivity contribution < 1.29 is 4.79 Å². The van der Waals surface area contributed by atoms with Gasteiger partial charge in [-0.1, -0.05) is 53.7 Å². The first kappa shape index (κ1) is 23.1. The van der Waals surface area contributed by atoms with Crippen molar-refractivity contribution in [2.45, 2.75) is 30.2 Å². The van der Waals surface area contributed by atoms with Crippen LogP contribution in [0.3, 0.4) is 0 Å². The summed E-state index contributed by atoms with van der Waals surface area (Å²) in [6.45, 7) is 4.84. The number of carbonyl (C=O) groups excluding carboxylic acids is 1. The van der Waals surface area contributed by atoms with Gasteiger partial charge in [0, 0.05) is 38.0 Å². The number of rotatable bonds is 6. The molecule has 174 valence electrons. The molecule has 0 aliphatic rings. The van der Waals surface area contributed by atoms with Gasteiger partial charge in [0.15, 0.2) is 0 Å². The Morgan fingerprint density at radius 1 is 1.03 bits per heavy atom. The van der Waals surface area contributed by atoms with Crippen LogP contribution in [0.4, 0.5) is 5.69 Å². The number of para-hydroxylation sites is 2. The molecular formula is C28H23ClN4OS. The Bertz CT molecular complexity index is 1530. The van der Waals surface area contributed by atoms with E-state index in [1.54, 1.807) is 11.8 Å². The van der Waals surface area contributed by atoms with Crippen molar-refractivity contribution in [3.8, 4) is 11.3 Å². The standard InChI is InChI=1S/C28H23ClN4OS/c1-3-33-18(2)23(17-30-33)26-16-22(21-8-4-5-9-24(21)31-26)28(34)32-25-10-6-7-11-27(25)35-20-14-12-19(29)13-15-20/h4-17H,3H2,1-2H3,(H,32,34). The van der Waals surface area contributed by atoms with Crippen molar-refractivity contribution in [2.75, 3.05) is 5.32 Å². The van der Waals surface area contributed by atoms with Crippen molar-refractivity contribution in [3.05, 3.63) is 101 Å². The van der Waals surface area contributed by atoms with Gasteiger partial charge in [0.1, 0.15) is 0 Å². The number of fused-ring (bicyclic) bond motifs is 1. The molecule has 0 spiro atoms. The lowest BCUT2D eigenvalue weighted by molar-refractivity contribution is 0.102. The van der Waals surface area contributed by atoms with Crippen molar-refractivity contribution in [1.82, 2.24) is 14.8 Å². The summed E-state index contributed by atoms with van der Waals surface area (Å²) in [5.41, 5.74) is 4.75. The molecule has 7 heteroatoms. The monoisotopic (exact) mass is 498 g/mol. The number of pyridine rings is 1. The van der Waals surface area contributed by atoms with Gasteiger partial charge in [0.2, 0.25) is 0 Å². The lowest BCUT2D eigenvalue weighted by Crippen LogP contribution is -2.13. The number of amides is 1. The Kier molecular flexibility index (Phi) is 6.57. The van der Waals surface area contributed by atoms with E-state index in [4.69, 9.17) is 16.6 Å². The minimum Gasteiger partial charge on any atom is -0.321 e. The Morgan fingerprint density at radius 2 is 1.77 bits per heavy atom. The van der Waals surface area contributed by atoms with Crippen LogP contribution in [0.15, 0.2) is 94.9 Å². The summed E-state index contributed by atoms with van der Waals surface area (Å²) >= 11 is 7.60. The van der Waals surface area contributed by atoms with E-state index in [1.165, 1.54) is 0 Å². The zero-order valence-electron chi connectivity index (χ0n) is 19.3. The molecule has 0 bridgehead atoms. The van der Waals surface area contributed by atoms with Gasteiger partial charge in [-0.2, -0.15) is 5.10 Å². The maximum Gasteiger partial charge on any atom is 0.256 e. The maximum absolute atomic E-state index is 13.6. The highest BCUT2D eigenvalue weighted by molar-refractivity contribution is 7.99. The van der Waals surface area contributed by atoms with Gasteiger partial charge in [-0.05, 0) is 62.4 Å². The largest absolute Gasteiger partial charge is 0.321 e. The summed E-state index contributed by atoms with van der Waals surface area (Å²) in [5.74, 6) is -0.186. The van der Waals surface area contributed by atoms with E-state index in [0.29, 0.717) is 10.6 Å². The van der Waals surface area contributed by atoms with Crippen LogP contribution in [0, 0.1) is 6.92 Å². The molecule has 1 amide bonds. The van der Waals surface area contributed by atoms with Crippen LogP contribution >= 0.6 is 23.4 Å². The van der Waals surface area contributed by atoms with Crippen LogP contribution in [0.1, 0.15) is 23.0 Å². The number of nitrogens with zero attached hydrogens (tertiary/aromatic N) is 3. The lowest BCUT2D eigenvalue weighted by Gasteiger charge is -2.13. The maximum atomic E-state index is 13.6. The molecule has 5 nitrogen and oxygen atoms in total. The van der Waals surface area contributed by atoms with E-state index in [-0.39, 0.29) is 5.91 Å². The molecule has 3 aromatic carbocycles. The molecule has 0 saturated carbocycles. The van der Waals surface area contributed by atoms with Gasteiger partial charge >= 0.3 is 0 Å². The summed E-state index contributed by atoms with van der Waals surface area (Å²) in [4.78, 5) is 20.4. The molecular weight excluding hydrogens is 476 g/mol. The molecule has 0 aliphatic carbocycles. The molecule has 0 unspecified atom stereocenters. The topological polar surface area (TPSA) is 59.8 Å². The van der Waals surface area contributed by atoms with Crippen LogP contribution in [0.5, 0.6) is 0 Å². The third-order valence-corrected chi connectivity index (χ3v) is 7.15. The molecule has 0 radical (unpaired) electrons. The van der Waals surface area contributed by atoms with Crippen molar-refractivity contribution in [3.63, 3.8) is 0 Å². The van der Waals surface area contributed by atoms with E-state index in [9.17, 15) is 4.79 Å². The molecule has 2 aromatic heterocycles. The Hall–Kier alpha value is -3.61. The second-order valence-corrected chi connectivity index (χ2v) is 9.59. The second-order valence-electron chi connectivity index (χ2n) is 8.04. The van der Waals surface area contributed by atoms with Crippen LogP contribution in [0.2, 0.25) is 5.02 Å². The van der Waals surface area contributed by atoms with E-state index in [1.807, 2.05) is 96.7 Å². The van der Waals surface area contributed by atoms with Crippen LogP contribution in [-0.2, 0) is 6.54 Å². The van der Waals surface area contributed by atoms with E-state index >= 15 is 0 Å². The highest BCUT2D eigenvalue weighted by Gasteiger charge is 2.18. The highest BCUT2D eigenvalue weighted by Crippen LogP contribution is 2.35. The molecule has 35 heavy (non-hydrogen) atoms. The Labute approximate surface area is 213 Å². The predicted octanol–water partition coefficient (Wildman–Crippen LogP) is 7.48. The molecule has 2 heterocycles. The fourth-order valence-corrected chi connectivity index (χ4v) is 5.02. The van der Waals surface area contributed by atoms with E-state index < -0.39 is 0 Å². The van der Waals surface area contributed by atoms with Crippen LogP contribution in [-0.4, -0.2) is 20.7 Å². The van der Waals surface area contributed by atoms with Gasteiger partial charge in [0.25, 0.3) is 5.91 Å². The van der Waals surface area contributed by atoms with Gasteiger partial charge in [-0.25, -0.2) is 4.98 Å².